The lowest BCUT2D eigenvalue weighted by Gasteiger charge is -2.20. The number of hydrogen-bond donors (Lipinski definition) is 0. The second kappa shape index (κ2) is 11.2. The topological polar surface area (TPSA) is 58.0 Å². The highest BCUT2D eigenvalue weighted by molar-refractivity contribution is 6.11. The Kier molecular flexibility index (Phi) is 6.71. The van der Waals surface area contributed by atoms with Crippen molar-refractivity contribution >= 4 is 43.7 Å². The normalized spacial score (nSPS) is 12.1. The molecule has 6 nitrogen and oxygen atoms in total. The molecule has 0 bridgehead atoms. The van der Waals surface area contributed by atoms with Crippen molar-refractivity contribution in [1.29, 1.82) is 0 Å². The van der Waals surface area contributed by atoms with Gasteiger partial charge in [0.2, 0.25) is 0 Å². The summed E-state index contributed by atoms with van der Waals surface area (Å²) in [5, 5.41) is 4.23. The van der Waals surface area contributed by atoms with Gasteiger partial charge in [-0.05, 0) is 84.5 Å². The van der Waals surface area contributed by atoms with E-state index in [4.69, 9.17) is 19.1 Å². The standard InChI is InChI=1S/C44H36N4O2/c1-27-11-10-12-28(2)42(27)47-22-21-46-43(47)29-23-38(41-34-14-7-9-16-37(34)50-39(41)24-29)49-31-17-18-33-32-13-6-8-15-35(32)48(36(33)26-31)40-25-30(19-20-45-40)44(3,4)5/h6-26H,1-5H3. The molecule has 0 aliphatic heterocycles. The first-order valence-electron chi connectivity index (χ1n) is 17.0. The number of aryl methyl sites for hydroxylation is 2. The van der Waals surface area contributed by atoms with Crippen LogP contribution in [0.4, 0.5) is 0 Å². The molecule has 4 aromatic heterocycles. The van der Waals surface area contributed by atoms with Gasteiger partial charge in [0.05, 0.1) is 22.1 Å². The molecule has 0 aliphatic rings. The van der Waals surface area contributed by atoms with Crippen molar-refractivity contribution < 1.29 is 9.15 Å². The molecule has 9 aromatic rings. The largest absolute Gasteiger partial charge is 0.456 e. The minimum atomic E-state index is -0.0128. The van der Waals surface area contributed by atoms with Gasteiger partial charge in [-0.15, -0.1) is 0 Å². The van der Waals surface area contributed by atoms with Crippen LogP contribution in [-0.4, -0.2) is 19.1 Å². The summed E-state index contributed by atoms with van der Waals surface area (Å²) < 4.78 is 17.8. The van der Waals surface area contributed by atoms with Gasteiger partial charge in [0.25, 0.3) is 0 Å². The minimum absolute atomic E-state index is 0.0128. The van der Waals surface area contributed by atoms with Crippen molar-refractivity contribution in [3.8, 4) is 34.4 Å². The van der Waals surface area contributed by atoms with E-state index < -0.39 is 0 Å². The average molecular weight is 653 g/mol. The van der Waals surface area contributed by atoms with Crippen LogP contribution in [-0.2, 0) is 5.41 Å². The maximum Gasteiger partial charge on any atom is 0.144 e. The SMILES string of the molecule is Cc1cccc(C)c1-n1ccnc1-c1cc(Oc2ccc3c4ccccc4n(-c4cc(C(C)(C)C)ccn4)c3c2)c2c(c1)oc1ccccc12. The molecule has 0 amide bonds. The van der Waals surface area contributed by atoms with Crippen LogP contribution in [0.2, 0.25) is 0 Å². The molecular formula is C44H36N4O2. The first-order valence-corrected chi connectivity index (χ1v) is 17.0. The third-order valence-corrected chi connectivity index (χ3v) is 9.74. The van der Waals surface area contributed by atoms with Crippen LogP contribution in [0.15, 0.2) is 132 Å². The molecule has 5 aromatic carbocycles. The molecule has 0 unspecified atom stereocenters. The summed E-state index contributed by atoms with van der Waals surface area (Å²) in [6.07, 6.45) is 5.77. The number of aromatic nitrogens is 4. The van der Waals surface area contributed by atoms with Gasteiger partial charge in [-0.1, -0.05) is 75.4 Å². The van der Waals surface area contributed by atoms with Gasteiger partial charge in [-0.25, -0.2) is 9.97 Å². The van der Waals surface area contributed by atoms with E-state index >= 15 is 0 Å². The number of nitrogens with zero attached hydrogens (tertiary/aromatic N) is 4. The van der Waals surface area contributed by atoms with Gasteiger partial charge in [-0.2, -0.15) is 0 Å². The summed E-state index contributed by atoms with van der Waals surface area (Å²) in [6, 6.07) is 37.8. The Morgan fingerprint density at radius 2 is 1.42 bits per heavy atom. The Balaban J connectivity index is 1.24. The highest BCUT2D eigenvalue weighted by atomic mass is 16.5. The summed E-state index contributed by atoms with van der Waals surface area (Å²) in [4.78, 5) is 9.71. The molecule has 0 saturated heterocycles. The smallest absolute Gasteiger partial charge is 0.144 e. The number of ether oxygens (including phenoxy) is 1. The number of para-hydroxylation sites is 3. The summed E-state index contributed by atoms with van der Waals surface area (Å²) in [5.41, 5.74) is 9.27. The first-order chi connectivity index (χ1) is 24.2. The average Bonchev–Trinajstić information content (AvgIpc) is 3.82. The van der Waals surface area contributed by atoms with E-state index in [-0.39, 0.29) is 5.41 Å². The molecule has 244 valence electrons. The Hall–Kier alpha value is -6.14. The number of benzene rings is 5. The molecule has 9 rings (SSSR count). The van der Waals surface area contributed by atoms with Crippen molar-refractivity contribution in [1.82, 2.24) is 19.1 Å². The van der Waals surface area contributed by atoms with E-state index in [1.807, 2.05) is 36.8 Å². The fourth-order valence-electron chi connectivity index (χ4n) is 7.30. The molecule has 50 heavy (non-hydrogen) atoms. The molecule has 0 saturated carbocycles. The van der Waals surface area contributed by atoms with Crippen LogP contribution < -0.4 is 4.74 Å². The van der Waals surface area contributed by atoms with Crippen molar-refractivity contribution in [2.45, 2.75) is 40.0 Å². The van der Waals surface area contributed by atoms with E-state index in [2.05, 4.69) is 135 Å². The van der Waals surface area contributed by atoms with Crippen LogP contribution in [0.5, 0.6) is 11.5 Å². The molecule has 0 N–H and O–H groups in total. The number of furan rings is 1. The highest BCUT2D eigenvalue weighted by Crippen LogP contribution is 2.42. The van der Waals surface area contributed by atoms with Crippen molar-refractivity contribution in [3.05, 3.63) is 144 Å². The zero-order valence-electron chi connectivity index (χ0n) is 28.7. The maximum atomic E-state index is 6.93. The quantitative estimate of drug-likeness (QED) is 0.186. The number of hydrogen-bond acceptors (Lipinski definition) is 4. The second-order valence-corrected chi connectivity index (χ2v) is 14.1. The van der Waals surface area contributed by atoms with E-state index in [1.54, 1.807) is 0 Å². The van der Waals surface area contributed by atoms with Gasteiger partial charge in [-0.3, -0.25) is 9.13 Å². The number of fused-ring (bicyclic) bond motifs is 6. The van der Waals surface area contributed by atoms with Crippen LogP contribution in [0.3, 0.4) is 0 Å². The minimum Gasteiger partial charge on any atom is -0.456 e. The van der Waals surface area contributed by atoms with Gasteiger partial charge in [0.1, 0.15) is 34.3 Å². The third kappa shape index (κ3) is 4.78. The third-order valence-electron chi connectivity index (χ3n) is 9.74. The molecule has 0 aliphatic carbocycles. The predicted octanol–water partition coefficient (Wildman–Crippen LogP) is 11.6. The summed E-state index contributed by atoms with van der Waals surface area (Å²) in [6.45, 7) is 11.0. The van der Waals surface area contributed by atoms with Crippen molar-refractivity contribution in [3.63, 3.8) is 0 Å². The Labute approximate surface area is 290 Å². The van der Waals surface area contributed by atoms with Gasteiger partial charge in [0.15, 0.2) is 0 Å². The Bertz CT molecular complexity index is 2740. The summed E-state index contributed by atoms with van der Waals surface area (Å²) >= 11 is 0. The number of pyridine rings is 1. The summed E-state index contributed by atoms with van der Waals surface area (Å²) in [7, 11) is 0. The molecule has 0 atom stereocenters. The lowest BCUT2D eigenvalue weighted by atomic mass is 9.88. The molecule has 4 heterocycles. The molecular weight excluding hydrogens is 617 g/mol. The second-order valence-electron chi connectivity index (χ2n) is 14.1. The molecule has 0 radical (unpaired) electrons. The maximum absolute atomic E-state index is 6.93. The fraction of sp³-hybridized carbons (Fsp3) is 0.136. The van der Waals surface area contributed by atoms with Crippen LogP contribution in [0.25, 0.3) is 66.6 Å². The lowest BCUT2D eigenvalue weighted by Crippen LogP contribution is -2.12. The van der Waals surface area contributed by atoms with E-state index in [0.717, 1.165) is 67.0 Å². The predicted molar refractivity (Wildman–Crippen MR) is 203 cm³/mol. The highest BCUT2D eigenvalue weighted by Gasteiger charge is 2.21. The zero-order chi connectivity index (χ0) is 34.1. The monoisotopic (exact) mass is 652 g/mol. The van der Waals surface area contributed by atoms with Crippen LogP contribution in [0, 0.1) is 13.8 Å². The van der Waals surface area contributed by atoms with E-state index in [0.29, 0.717) is 5.75 Å². The van der Waals surface area contributed by atoms with Crippen molar-refractivity contribution in [2.75, 3.05) is 0 Å². The van der Waals surface area contributed by atoms with Gasteiger partial charge < -0.3 is 9.15 Å². The molecule has 0 spiro atoms. The van der Waals surface area contributed by atoms with E-state index in [9.17, 15) is 0 Å². The first kappa shape index (κ1) is 30.0. The van der Waals surface area contributed by atoms with Gasteiger partial charge in [0, 0.05) is 46.4 Å². The Morgan fingerprint density at radius 3 is 2.24 bits per heavy atom. The fourth-order valence-corrected chi connectivity index (χ4v) is 7.30. The summed E-state index contributed by atoms with van der Waals surface area (Å²) in [5.74, 6) is 3.11. The van der Waals surface area contributed by atoms with E-state index in [1.165, 1.54) is 22.1 Å². The lowest BCUT2D eigenvalue weighted by molar-refractivity contribution is 0.489. The number of imidazole rings is 1. The molecule has 6 heteroatoms. The molecule has 0 fully saturated rings. The van der Waals surface area contributed by atoms with Crippen LogP contribution >= 0.6 is 0 Å². The number of rotatable bonds is 5. The van der Waals surface area contributed by atoms with Crippen LogP contribution in [0.1, 0.15) is 37.5 Å². The van der Waals surface area contributed by atoms with Crippen molar-refractivity contribution in [2.24, 2.45) is 0 Å². The van der Waals surface area contributed by atoms with Gasteiger partial charge >= 0.3 is 0 Å². The Morgan fingerprint density at radius 1 is 0.660 bits per heavy atom. The zero-order valence-corrected chi connectivity index (χ0v) is 28.7.